The van der Waals surface area contributed by atoms with Crippen LogP contribution in [0.4, 0.5) is 0 Å². The van der Waals surface area contributed by atoms with Crippen LogP contribution < -0.4 is 5.32 Å². The highest BCUT2D eigenvalue weighted by molar-refractivity contribution is 5.10. The Morgan fingerprint density at radius 2 is 2.05 bits per heavy atom. The van der Waals surface area contributed by atoms with E-state index in [0.717, 1.165) is 37.9 Å². The third-order valence-corrected chi connectivity index (χ3v) is 3.44. The van der Waals surface area contributed by atoms with Crippen LogP contribution in [0, 0.1) is 0 Å². The van der Waals surface area contributed by atoms with E-state index in [1.165, 1.54) is 5.56 Å². The quantitative estimate of drug-likeness (QED) is 0.802. The van der Waals surface area contributed by atoms with Gasteiger partial charge in [-0.2, -0.15) is 5.10 Å². The van der Waals surface area contributed by atoms with Crippen molar-refractivity contribution in [2.24, 2.45) is 7.05 Å². The molecular formula is C16H24N4. The Labute approximate surface area is 121 Å². The van der Waals surface area contributed by atoms with E-state index in [-0.39, 0.29) is 0 Å². The second-order valence-electron chi connectivity index (χ2n) is 5.23. The molecule has 2 aromatic heterocycles. The molecular weight excluding hydrogens is 248 g/mol. The van der Waals surface area contributed by atoms with Crippen LogP contribution in [0.15, 0.2) is 36.8 Å². The Kier molecular flexibility index (Phi) is 5.74. The van der Waals surface area contributed by atoms with Crippen molar-refractivity contribution in [3.63, 3.8) is 0 Å². The second kappa shape index (κ2) is 7.80. The number of nitrogens with one attached hydrogen (secondary N) is 1. The van der Waals surface area contributed by atoms with E-state index in [1.54, 1.807) is 0 Å². The van der Waals surface area contributed by atoms with Crippen molar-refractivity contribution in [1.82, 2.24) is 20.1 Å². The molecule has 4 nitrogen and oxygen atoms in total. The Balaban J connectivity index is 1.89. The minimum Gasteiger partial charge on any atom is -0.314 e. The van der Waals surface area contributed by atoms with Gasteiger partial charge in [0.25, 0.3) is 0 Å². The molecule has 0 fully saturated rings. The lowest BCUT2D eigenvalue weighted by molar-refractivity contribution is 0.472. The molecule has 2 rings (SSSR count). The summed E-state index contributed by atoms with van der Waals surface area (Å²) in [6, 6.07) is 6.78. The Hall–Kier alpha value is -1.68. The summed E-state index contributed by atoms with van der Waals surface area (Å²) in [5.74, 6) is 0. The summed E-state index contributed by atoms with van der Waals surface area (Å²) < 4.78 is 1.87. The summed E-state index contributed by atoms with van der Waals surface area (Å²) in [7, 11) is 1.97. The van der Waals surface area contributed by atoms with Gasteiger partial charge in [0.15, 0.2) is 0 Å². The fourth-order valence-electron chi connectivity index (χ4n) is 2.34. The summed E-state index contributed by atoms with van der Waals surface area (Å²) >= 11 is 0. The van der Waals surface area contributed by atoms with Crippen LogP contribution in [0.5, 0.6) is 0 Å². The minimum atomic E-state index is 0.484. The lowest BCUT2D eigenvalue weighted by atomic mass is 10.0. The summed E-state index contributed by atoms with van der Waals surface area (Å²) in [5, 5.41) is 8.11. The van der Waals surface area contributed by atoms with Crippen molar-refractivity contribution in [2.75, 3.05) is 6.54 Å². The zero-order chi connectivity index (χ0) is 14.2. The average molecular weight is 272 g/mol. The highest BCUT2D eigenvalue weighted by atomic mass is 15.2. The maximum absolute atomic E-state index is 4.48. The van der Waals surface area contributed by atoms with Crippen molar-refractivity contribution in [3.8, 4) is 0 Å². The van der Waals surface area contributed by atoms with E-state index in [1.807, 2.05) is 30.3 Å². The van der Waals surface area contributed by atoms with Crippen LogP contribution in [0.25, 0.3) is 0 Å². The average Bonchev–Trinajstić information content (AvgIpc) is 2.88. The predicted octanol–water partition coefficient (Wildman–Crippen LogP) is 2.36. The molecule has 0 aliphatic carbocycles. The van der Waals surface area contributed by atoms with E-state index in [9.17, 15) is 0 Å². The van der Waals surface area contributed by atoms with Gasteiger partial charge >= 0.3 is 0 Å². The highest BCUT2D eigenvalue weighted by Crippen LogP contribution is 2.08. The van der Waals surface area contributed by atoms with Gasteiger partial charge in [0.2, 0.25) is 0 Å². The van der Waals surface area contributed by atoms with Gasteiger partial charge in [-0.15, -0.1) is 0 Å². The predicted molar refractivity (Wildman–Crippen MR) is 81.6 cm³/mol. The maximum Gasteiger partial charge on any atom is 0.0640 e. The summed E-state index contributed by atoms with van der Waals surface area (Å²) in [6.45, 7) is 3.27. The monoisotopic (exact) mass is 272 g/mol. The first-order valence-electron chi connectivity index (χ1n) is 7.38. The Bertz CT molecular complexity index is 492. The molecule has 0 aromatic carbocycles. The van der Waals surface area contributed by atoms with Crippen molar-refractivity contribution in [1.29, 1.82) is 0 Å². The van der Waals surface area contributed by atoms with Crippen molar-refractivity contribution in [3.05, 3.63) is 48.0 Å². The molecule has 20 heavy (non-hydrogen) atoms. The number of rotatable bonds is 8. The number of aryl methyl sites for hydroxylation is 2. The van der Waals surface area contributed by atoms with E-state index in [4.69, 9.17) is 0 Å². The highest BCUT2D eigenvalue weighted by Gasteiger charge is 2.10. The molecule has 0 spiro atoms. The Morgan fingerprint density at radius 3 is 2.70 bits per heavy atom. The smallest absolute Gasteiger partial charge is 0.0640 e. The first-order valence-corrected chi connectivity index (χ1v) is 7.38. The van der Waals surface area contributed by atoms with Gasteiger partial charge in [-0.1, -0.05) is 6.92 Å². The molecule has 0 radical (unpaired) electrons. The minimum absolute atomic E-state index is 0.484. The third kappa shape index (κ3) is 4.78. The molecule has 0 bridgehead atoms. The van der Waals surface area contributed by atoms with Crippen molar-refractivity contribution >= 4 is 0 Å². The first kappa shape index (κ1) is 14.7. The SMILES string of the molecule is CCCNC(CCc1ccncc1)Cc1ccn(C)n1. The fourth-order valence-corrected chi connectivity index (χ4v) is 2.34. The molecule has 0 aliphatic heterocycles. The van der Waals surface area contributed by atoms with E-state index in [0.29, 0.717) is 6.04 Å². The number of aromatic nitrogens is 3. The number of hydrogen-bond donors (Lipinski definition) is 1. The molecule has 0 amide bonds. The second-order valence-corrected chi connectivity index (χ2v) is 5.23. The van der Waals surface area contributed by atoms with E-state index >= 15 is 0 Å². The van der Waals surface area contributed by atoms with E-state index < -0.39 is 0 Å². The molecule has 108 valence electrons. The molecule has 2 aromatic rings. The van der Waals surface area contributed by atoms with Crippen molar-refractivity contribution < 1.29 is 0 Å². The molecule has 0 saturated heterocycles. The Morgan fingerprint density at radius 1 is 1.25 bits per heavy atom. The van der Waals surface area contributed by atoms with Crippen LogP contribution in [-0.4, -0.2) is 27.4 Å². The summed E-state index contributed by atoms with van der Waals surface area (Å²) in [4.78, 5) is 4.06. The number of pyridine rings is 1. The molecule has 1 unspecified atom stereocenters. The lowest BCUT2D eigenvalue weighted by Crippen LogP contribution is -2.32. The van der Waals surface area contributed by atoms with Gasteiger partial charge < -0.3 is 5.32 Å². The van der Waals surface area contributed by atoms with Gasteiger partial charge in [-0.3, -0.25) is 9.67 Å². The maximum atomic E-state index is 4.48. The number of hydrogen-bond acceptors (Lipinski definition) is 3. The van der Waals surface area contributed by atoms with Crippen LogP contribution >= 0.6 is 0 Å². The van der Waals surface area contributed by atoms with E-state index in [2.05, 4.69) is 40.5 Å². The van der Waals surface area contributed by atoms with Crippen LogP contribution in [0.2, 0.25) is 0 Å². The molecule has 0 aliphatic rings. The molecule has 4 heteroatoms. The van der Waals surface area contributed by atoms with Crippen LogP contribution in [0.3, 0.4) is 0 Å². The molecule has 0 saturated carbocycles. The van der Waals surface area contributed by atoms with Crippen LogP contribution in [0.1, 0.15) is 31.0 Å². The topological polar surface area (TPSA) is 42.7 Å². The van der Waals surface area contributed by atoms with Gasteiger partial charge in [0, 0.05) is 38.1 Å². The molecule has 2 heterocycles. The van der Waals surface area contributed by atoms with Gasteiger partial charge in [-0.25, -0.2) is 0 Å². The summed E-state index contributed by atoms with van der Waals surface area (Å²) in [6.07, 6.45) is 10.1. The number of nitrogens with zero attached hydrogens (tertiary/aromatic N) is 3. The zero-order valence-corrected chi connectivity index (χ0v) is 12.4. The normalized spacial score (nSPS) is 12.5. The molecule has 1 N–H and O–H groups in total. The summed E-state index contributed by atoms with van der Waals surface area (Å²) in [5.41, 5.74) is 2.51. The zero-order valence-electron chi connectivity index (χ0n) is 12.4. The van der Waals surface area contributed by atoms with Gasteiger partial charge in [0.05, 0.1) is 5.69 Å². The molecule has 1 atom stereocenters. The fraction of sp³-hybridized carbons (Fsp3) is 0.500. The largest absolute Gasteiger partial charge is 0.314 e. The standard InChI is InChI=1S/C16H24N4/c1-3-9-18-15(13-16-8-12-20(2)19-16)5-4-14-6-10-17-11-7-14/h6-8,10-12,15,18H,3-5,9,13H2,1-2H3. The third-order valence-electron chi connectivity index (χ3n) is 3.44. The lowest BCUT2D eigenvalue weighted by Gasteiger charge is -2.17. The first-order chi connectivity index (χ1) is 9.78. The van der Waals surface area contributed by atoms with Gasteiger partial charge in [-0.05, 0) is 49.6 Å². The van der Waals surface area contributed by atoms with Crippen molar-refractivity contribution in [2.45, 2.75) is 38.6 Å². The van der Waals surface area contributed by atoms with Crippen LogP contribution in [-0.2, 0) is 19.9 Å². The van der Waals surface area contributed by atoms with Gasteiger partial charge in [0.1, 0.15) is 0 Å².